The molecule has 28 heavy (non-hydrogen) atoms. The summed E-state index contributed by atoms with van der Waals surface area (Å²) in [5.74, 6) is 4.44. The highest BCUT2D eigenvalue weighted by atomic mass is 16.2. The van der Waals surface area contributed by atoms with Crippen molar-refractivity contribution in [3.63, 3.8) is 0 Å². The number of fused-ring (bicyclic) bond motifs is 1. The third-order valence-electron chi connectivity index (χ3n) is 5.78. The Morgan fingerprint density at radius 3 is 2.89 bits per heavy atom. The Morgan fingerprint density at radius 2 is 2.21 bits per heavy atom. The molecule has 1 N–H and O–H groups in total. The Bertz CT molecular complexity index is 946. The van der Waals surface area contributed by atoms with Gasteiger partial charge in [0.2, 0.25) is 11.9 Å². The van der Waals surface area contributed by atoms with Gasteiger partial charge in [0.15, 0.2) is 0 Å². The van der Waals surface area contributed by atoms with E-state index in [2.05, 4.69) is 33.1 Å². The molecular weight excluding hydrogens is 354 g/mol. The first kappa shape index (κ1) is 18.3. The molecule has 0 bridgehead atoms. The zero-order valence-corrected chi connectivity index (χ0v) is 16.5. The zero-order valence-electron chi connectivity index (χ0n) is 16.5. The van der Waals surface area contributed by atoms with Gasteiger partial charge in [-0.2, -0.15) is 10.1 Å². The van der Waals surface area contributed by atoms with Crippen LogP contribution in [0.1, 0.15) is 18.9 Å². The van der Waals surface area contributed by atoms with Crippen molar-refractivity contribution >= 4 is 23.4 Å². The molecule has 0 unspecified atom stereocenters. The Morgan fingerprint density at radius 1 is 1.39 bits per heavy atom. The second kappa shape index (κ2) is 6.82. The van der Waals surface area contributed by atoms with E-state index >= 15 is 0 Å². The molecule has 8 heteroatoms. The van der Waals surface area contributed by atoms with E-state index in [0.717, 1.165) is 43.2 Å². The number of anilines is 3. The van der Waals surface area contributed by atoms with Crippen molar-refractivity contribution in [2.45, 2.75) is 20.3 Å². The van der Waals surface area contributed by atoms with Crippen LogP contribution in [0.15, 0.2) is 18.6 Å². The summed E-state index contributed by atoms with van der Waals surface area (Å²) in [5, 5.41) is 7.36. The Balaban J connectivity index is 1.50. The summed E-state index contributed by atoms with van der Waals surface area (Å²) < 4.78 is 1.73. The lowest BCUT2D eigenvalue weighted by molar-refractivity contribution is -0.129. The number of carbonyl (C=O) groups excluding carboxylic acids is 1. The average molecular weight is 379 g/mol. The molecule has 2 aromatic rings. The summed E-state index contributed by atoms with van der Waals surface area (Å²) in [6, 6.07) is 0. The molecule has 1 amide bonds. The van der Waals surface area contributed by atoms with Crippen LogP contribution in [0.2, 0.25) is 0 Å². The van der Waals surface area contributed by atoms with Crippen molar-refractivity contribution in [3.05, 3.63) is 24.2 Å². The Kier molecular flexibility index (Phi) is 4.46. The summed E-state index contributed by atoms with van der Waals surface area (Å²) in [6.07, 6.45) is 11.0. The van der Waals surface area contributed by atoms with Gasteiger partial charge in [0, 0.05) is 62.5 Å². The third-order valence-corrected chi connectivity index (χ3v) is 5.78. The smallest absolute Gasteiger partial charge is 0.234 e. The number of rotatable bonds is 4. The molecule has 0 aliphatic carbocycles. The lowest BCUT2D eigenvalue weighted by atomic mass is 9.83. The van der Waals surface area contributed by atoms with Crippen LogP contribution in [0, 0.1) is 30.6 Å². The van der Waals surface area contributed by atoms with Gasteiger partial charge in [-0.3, -0.25) is 9.48 Å². The lowest BCUT2D eigenvalue weighted by Crippen LogP contribution is -2.35. The quantitative estimate of drug-likeness (QED) is 0.813. The molecule has 2 aliphatic heterocycles. The van der Waals surface area contributed by atoms with Gasteiger partial charge < -0.3 is 15.1 Å². The van der Waals surface area contributed by atoms with Crippen molar-refractivity contribution in [3.8, 4) is 12.3 Å². The predicted molar refractivity (Wildman–Crippen MR) is 107 cm³/mol. The van der Waals surface area contributed by atoms with Crippen LogP contribution in [0.5, 0.6) is 0 Å². The summed E-state index contributed by atoms with van der Waals surface area (Å²) >= 11 is 0. The number of amides is 1. The van der Waals surface area contributed by atoms with E-state index in [1.807, 2.05) is 31.3 Å². The molecule has 146 valence electrons. The minimum Gasteiger partial charge on any atom is -0.355 e. The van der Waals surface area contributed by atoms with Crippen LogP contribution in [-0.2, 0) is 11.8 Å². The first-order valence-corrected chi connectivity index (χ1v) is 9.43. The van der Waals surface area contributed by atoms with Crippen LogP contribution in [0.4, 0.5) is 17.5 Å². The monoisotopic (exact) mass is 379 g/mol. The number of likely N-dealkylation sites (tertiary alicyclic amines) is 1. The molecule has 0 saturated carbocycles. The first-order valence-electron chi connectivity index (χ1n) is 9.43. The van der Waals surface area contributed by atoms with Crippen LogP contribution >= 0.6 is 0 Å². The van der Waals surface area contributed by atoms with Gasteiger partial charge in [-0.25, -0.2) is 4.98 Å². The van der Waals surface area contributed by atoms with Crippen molar-refractivity contribution in [2.24, 2.45) is 18.4 Å². The molecule has 2 saturated heterocycles. The molecule has 2 aliphatic rings. The molecule has 2 atom stereocenters. The number of nitrogens with zero attached hydrogens (tertiary/aromatic N) is 6. The molecule has 2 fully saturated rings. The van der Waals surface area contributed by atoms with Crippen LogP contribution in [0.3, 0.4) is 0 Å². The first-order chi connectivity index (χ1) is 13.4. The third kappa shape index (κ3) is 3.28. The number of carbonyl (C=O) groups is 1. The van der Waals surface area contributed by atoms with E-state index in [9.17, 15) is 4.79 Å². The van der Waals surface area contributed by atoms with Gasteiger partial charge in [0.1, 0.15) is 5.82 Å². The highest BCUT2D eigenvalue weighted by Gasteiger charge is 2.50. The molecule has 2 aromatic heterocycles. The number of hydrogen-bond donors (Lipinski definition) is 1. The van der Waals surface area contributed by atoms with E-state index in [1.54, 1.807) is 10.9 Å². The van der Waals surface area contributed by atoms with Crippen LogP contribution < -0.4 is 10.2 Å². The normalized spacial score (nSPS) is 23.6. The fourth-order valence-corrected chi connectivity index (χ4v) is 4.32. The zero-order chi connectivity index (χ0) is 19.9. The molecule has 4 heterocycles. The van der Waals surface area contributed by atoms with Crippen molar-refractivity contribution in [1.82, 2.24) is 24.6 Å². The maximum absolute atomic E-state index is 12.2. The second-order valence-electron chi connectivity index (χ2n) is 8.11. The summed E-state index contributed by atoms with van der Waals surface area (Å²) in [5.41, 5.74) is 1.95. The molecule has 0 aromatic carbocycles. The standard InChI is InChI=1S/C20H25N7O/c1-5-6-17(28)26-9-15-10-27(13-20(15,3)12-26)18-14(2)7-21-19(24-18)23-16-8-22-25(4)11-16/h1,7-8,11,15H,6,9-10,12-13H2,2-4H3,(H,21,23,24)/t15-,20+/m0/s1. The van der Waals surface area contributed by atoms with Crippen LogP contribution in [-0.4, -0.2) is 56.7 Å². The second-order valence-corrected chi connectivity index (χ2v) is 8.11. The highest BCUT2D eigenvalue weighted by molar-refractivity contribution is 5.79. The Hall–Kier alpha value is -3.08. The fourth-order valence-electron chi connectivity index (χ4n) is 4.32. The van der Waals surface area contributed by atoms with Gasteiger partial charge >= 0.3 is 0 Å². The molecule has 4 rings (SSSR count). The topological polar surface area (TPSA) is 79.2 Å². The lowest BCUT2D eigenvalue weighted by Gasteiger charge is -2.26. The maximum atomic E-state index is 12.2. The predicted octanol–water partition coefficient (Wildman–Crippen LogP) is 1.57. The SMILES string of the molecule is C#CCC(=O)N1C[C@H]2CN(c3nc(Nc4cnn(C)c4)ncc3C)C[C@@]2(C)C1. The summed E-state index contributed by atoms with van der Waals surface area (Å²) in [4.78, 5) is 25.6. The van der Waals surface area contributed by atoms with E-state index < -0.39 is 0 Å². The van der Waals surface area contributed by atoms with E-state index in [4.69, 9.17) is 11.4 Å². The van der Waals surface area contributed by atoms with E-state index in [-0.39, 0.29) is 17.7 Å². The minimum atomic E-state index is 0.0542. The number of aryl methyl sites for hydroxylation is 2. The summed E-state index contributed by atoms with van der Waals surface area (Å²) in [7, 11) is 1.87. The van der Waals surface area contributed by atoms with E-state index in [1.165, 1.54) is 0 Å². The van der Waals surface area contributed by atoms with Crippen molar-refractivity contribution in [1.29, 1.82) is 0 Å². The molecular formula is C20H25N7O. The average Bonchev–Trinajstić information content (AvgIpc) is 3.28. The van der Waals surface area contributed by atoms with Gasteiger partial charge in [-0.05, 0) is 6.92 Å². The van der Waals surface area contributed by atoms with Gasteiger partial charge in [-0.1, -0.05) is 12.8 Å². The van der Waals surface area contributed by atoms with Gasteiger partial charge in [0.05, 0.1) is 18.3 Å². The van der Waals surface area contributed by atoms with Gasteiger partial charge in [0.25, 0.3) is 0 Å². The number of aromatic nitrogens is 4. The number of nitrogens with one attached hydrogen (secondary N) is 1. The van der Waals surface area contributed by atoms with Gasteiger partial charge in [-0.15, -0.1) is 6.42 Å². The van der Waals surface area contributed by atoms with Crippen LogP contribution in [0.25, 0.3) is 0 Å². The minimum absolute atomic E-state index is 0.0542. The van der Waals surface area contributed by atoms with E-state index in [0.29, 0.717) is 11.9 Å². The number of hydrogen-bond acceptors (Lipinski definition) is 6. The Labute approximate surface area is 164 Å². The van der Waals surface area contributed by atoms with Crippen molar-refractivity contribution < 1.29 is 4.79 Å². The highest BCUT2D eigenvalue weighted by Crippen LogP contribution is 2.44. The summed E-state index contributed by atoms with van der Waals surface area (Å²) in [6.45, 7) is 7.54. The molecule has 8 nitrogen and oxygen atoms in total. The molecule has 0 radical (unpaired) electrons. The largest absolute Gasteiger partial charge is 0.355 e. The fraction of sp³-hybridized carbons (Fsp3) is 0.500. The number of terminal acetylenes is 1. The van der Waals surface area contributed by atoms with Crippen molar-refractivity contribution in [2.75, 3.05) is 36.4 Å². The maximum Gasteiger partial charge on any atom is 0.234 e. The molecule has 0 spiro atoms.